The van der Waals surface area contributed by atoms with Crippen LogP contribution in [-0.2, 0) is 21.4 Å². The number of carbonyl (C=O) groups excluding carboxylic acids is 1. The van der Waals surface area contributed by atoms with Gasteiger partial charge in [-0.05, 0) is 44.4 Å². The third kappa shape index (κ3) is 6.07. The highest BCUT2D eigenvalue weighted by atomic mass is 32.2. The fraction of sp³-hybridized carbons (Fsp3) is 0.381. The Morgan fingerprint density at radius 3 is 2.21 bits per heavy atom. The van der Waals surface area contributed by atoms with Gasteiger partial charge in [-0.2, -0.15) is 12.7 Å². The molecular weight excluding hydrogens is 374 g/mol. The average molecular weight is 404 g/mol. The first kappa shape index (κ1) is 21.9. The van der Waals surface area contributed by atoms with Gasteiger partial charge in [-0.1, -0.05) is 48.0 Å². The lowest BCUT2D eigenvalue weighted by Crippen LogP contribution is -2.47. The molecule has 0 fully saturated rings. The van der Waals surface area contributed by atoms with Crippen LogP contribution in [-0.4, -0.2) is 45.3 Å². The zero-order valence-electron chi connectivity index (χ0n) is 16.9. The summed E-state index contributed by atoms with van der Waals surface area (Å²) < 4.78 is 27.7. The van der Waals surface area contributed by atoms with Crippen molar-refractivity contribution in [1.82, 2.24) is 9.62 Å². The monoisotopic (exact) mass is 403 g/mol. The Balaban J connectivity index is 2.04. The predicted molar refractivity (Wildman–Crippen MR) is 113 cm³/mol. The molecule has 2 aromatic carbocycles. The van der Waals surface area contributed by atoms with Crippen LogP contribution in [0.3, 0.4) is 0 Å². The van der Waals surface area contributed by atoms with Crippen LogP contribution in [0.15, 0.2) is 54.6 Å². The van der Waals surface area contributed by atoms with E-state index in [1.54, 1.807) is 12.1 Å². The van der Waals surface area contributed by atoms with Crippen molar-refractivity contribution in [2.45, 2.75) is 32.7 Å². The molecule has 28 heavy (non-hydrogen) atoms. The Kier molecular flexibility index (Phi) is 7.60. The molecule has 0 unspecified atom stereocenters. The van der Waals surface area contributed by atoms with E-state index >= 15 is 0 Å². The highest BCUT2D eigenvalue weighted by Gasteiger charge is 2.27. The number of benzene rings is 2. The van der Waals surface area contributed by atoms with Crippen LogP contribution < -0.4 is 9.62 Å². The maximum Gasteiger partial charge on any atom is 0.304 e. The number of anilines is 1. The maximum absolute atomic E-state index is 12.7. The number of rotatable bonds is 9. The molecule has 0 aliphatic heterocycles. The van der Waals surface area contributed by atoms with Gasteiger partial charge >= 0.3 is 10.2 Å². The molecule has 0 bridgehead atoms. The summed E-state index contributed by atoms with van der Waals surface area (Å²) in [5.41, 5.74) is 2.69. The van der Waals surface area contributed by atoms with Gasteiger partial charge in [-0.3, -0.25) is 4.79 Å². The van der Waals surface area contributed by atoms with Gasteiger partial charge in [0.2, 0.25) is 5.91 Å². The molecule has 0 radical (unpaired) electrons. The summed E-state index contributed by atoms with van der Waals surface area (Å²) in [5, 5.41) is 2.91. The van der Waals surface area contributed by atoms with Crippen molar-refractivity contribution in [2.24, 2.45) is 0 Å². The number of nitrogens with zero attached hydrogens (tertiary/aromatic N) is 2. The van der Waals surface area contributed by atoms with Gasteiger partial charge in [0.25, 0.3) is 0 Å². The van der Waals surface area contributed by atoms with Crippen molar-refractivity contribution in [3.63, 3.8) is 0 Å². The lowest BCUT2D eigenvalue weighted by Gasteiger charge is -2.27. The van der Waals surface area contributed by atoms with E-state index in [2.05, 4.69) is 17.4 Å². The molecule has 0 saturated carbocycles. The second-order valence-electron chi connectivity index (χ2n) is 7.13. The highest BCUT2D eigenvalue weighted by molar-refractivity contribution is 7.90. The predicted octanol–water partition coefficient (Wildman–Crippen LogP) is 2.75. The van der Waals surface area contributed by atoms with E-state index < -0.39 is 10.2 Å². The van der Waals surface area contributed by atoms with Crippen LogP contribution in [0.4, 0.5) is 5.69 Å². The van der Waals surface area contributed by atoms with Gasteiger partial charge < -0.3 is 5.32 Å². The standard InChI is InChI=1S/C21H29N3O3S/c1-17-10-14-20(15-11-17)24(28(26,27)23(3)4)16-21(25)22-18(2)12-13-19-8-6-5-7-9-19/h5-11,14-15,18H,12-13,16H2,1-4H3,(H,22,25)/t18-/m0/s1. The number of carbonyl (C=O) groups is 1. The fourth-order valence-corrected chi connectivity index (χ4v) is 3.83. The summed E-state index contributed by atoms with van der Waals surface area (Å²) in [6, 6.07) is 17.1. The van der Waals surface area contributed by atoms with E-state index in [4.69, 9.17) is 0 Å². The molecule has 1 N–H and O–H groups in total. The lowest BCUT2D eigenvalue weighted by atomic mass is 10.1. The second-order valence-corrected chi connectivity index (χ2v) is 9.19. The zero-order valence-corrected chi connectivity index (χ0v) is 17.7. The molecule has 0 aliphatic carbocycles. The third-order valence-electron chi connectivity index (χ3n) is 4.47. The maximum atomic E-state index is 12.7. The Labute approximate surface area is 168 Å². The van der Waals surface area contributed by atoms with Gasteiger partial charge in [0.15, 0.2) is 0 Å². The van der Waals surface area contributed by atoms with Crippen molar-refractivity contribution in [2.75, 3.05) is 24.9 Å². The molecule has 0 aromatic heterocycles. The van der Waals surface area contributed by atoms with Crippen molar-refractivity contribution in [1.29, 1.82) is 0 Å². The van der Waals surface area contributed by atoms with Gasteiger partial charge in [0.05, 0.1) is 5.69 Å². The van der Waals surface area contributed by atoms with Gasteiger partial charge in [-0.15, -0.1) is 0 Å². The van der Waals surface area contributed by atoms with Crippen molar-refractivity contribution in [3.8, 4) is 0 Å². The molecule has 0 saturated heterocycles. The summed E-state index contributed by atoms with van der Waals surface area (Å²) in [6.07, 6.45) is 1.63. The summed E-state index contributed by atoms with van der Waals surface area (Å²) >= 11 is 0. The zero-order chi connectivity index (χ0) is 20.7. The average Bonchev–Trinajstić information content (AvgIpc) is 2.66. The molecule has 6 nitrogen and oxygen atoms in total. The fourth-order valence-electron chi connectivity index (χ4n) is 2.77. The molecular formula is C21H29N3O3S. The summed E-state index contributed by atoms with van der Waals surface area (Å²) in [4.78, 5) is 12.5. The van der Waals surface area contributed by atoms with Crippen molar-refractivity contribution < 1.29 is 13.2 Å². The van der Waals surface area contributed by atoms with Gasteiger partial charge in [0, 0.05) is 20.1 Å². The minimum Gasteiger partial charge on any atom is -0.352 e. The molecule has 0 aliphatic rings. The number of amides is 1. The summed E-state index contributed by atoms with van der Waals surface area (Å²) in [7, 11) is -0.875. The van der Waals surface area contributed by atoms with Crippen molar-refractivity contribution in [3.05, 3.63) is 65.7 Å². The minimum absolute atomic E-state index is 0.0605. The van der Waals surface area contributed by atoms with E-state index in [0.717, 1.165) is 27.0 Å². The number of hydrogen-bond acceptors (Lipinski definition) is 3. The Bertz CT molecular complexity index is 866. The Hall–Kier alpha value is -2.38. The number of nitrogens with one attached hydrogen (secondary N) is 1. The van der Waals surface area contributed by atoms with E-state index in [-0.39, 0.29) is 18.5 Å². The van der Waals surface area contributed by atoms with E-state index in [1.807, 2.05) is 44.2 Å². The SMILES string of the molecule is Cc1ccc(N(CC(=O)N[C@@H](C)CCc2ccccc2)S(=O)(=O)N(C)C)cc1. The highest BCUT2D eigenvalue weighted by Crippen LogP contribution is 2.20. The Morgan fingerprint density at radius 2 is 1.64 bits per heavy atom. The molecule has 7 heteroatoms. The van der Waals surface area contributed by atoms with Crippen LogP contribution >= 0.6 is 0 Å². The lowest BCUT2D eigenvalue weighted by molar-refractivity contribution is -0.120. The topological polar surface area (TPSA) is 69.7 Å². The molecule has 1 atom stereocenters. The van der Waals surface area contributed by atoms with Crippen LogP contribution in [0, 0.1) is 6.92 Å². The Morgan fingerprint density at radius 1 is 1.04 bits per heavy atom. The van der Waals surface area contributed by atoms with Crippen LogP contribution in [0.2, 0.25) is 0 Å². The third-order valence-corrected chi connectivity index (χ3v) is 6.29. The largest absolute Gasteiger partial charge is 0.352 e. The first-order valence-corrected chi connectivity index (χ1v) is 10.7. The first-order chi connectivity index (χ1) is 13.2. The smallest absolute Gasteiger partial charge is 0.304 e. The first-order valence-electron chi connectivity index (χ1n) is 9.30. The molecule has 0 spiro atoms. The van der Waals surface area contributed by atoms with Gasteiger partial charge in [-0.25, -0.2) is 4.31 Å². The van der Waals surface area contributed by atoms with Gasteiger partial charge in [0.1, 0.15) is 6.54 Å². The van der Waals surface area contributed by atoms with E-state index in [1.165, 1.54) is 19.7 Å². The van der Waals surface area contributed by atoms with Crippen molar-refractivity contribution >= 4 is 21.8 Å². The minimum atomic E-state index is -3.79. The van der Waals surface area contributed by atoms with E-state index in [9.17, 15) is 13.2 Å². The van der Waals surface area contributed by atoms with Crippen LogP contribution in [0.1, 0.15) is 24.5 Å². The normalized spacial score (nSPS) is 12.6. The molecule has 152 valence electrons. The molecule has 0 heterocycles. The molecule has 2 aromatic rings. The summed E-state index contributed by atoms with van der Waals surface area (Å²) in [5.74, 6) is -0.327. The quantitative estimate of drug-likeness (QED) is 0.700. The summed E-state index contributed by atoms with van der Waals surface area (Å²) in [6.45, 7) is 3.59. The molecule has 1 amide bonds. The molecule has 2 rings (SSSR count). The van der Waals surface area contributed by atoms with Crippen LogP contribution in [0.25, 0.3) is 0 Å². The number of aryl methyl sites for hydroxylation is 2. The number of hydrogen-bond donors (Lipinski definition) is 1. The van der Waals surface area contributed by atoms with E-state index in [0.29, 0.717) is 5.69 Å². The second kappa shape index (κ2) is 9.71. The van der Waals surface area contributed by atoms with Crippen LogP contribution in [0.5, 0.6) is 0 Å².